The van der Waals surface area contributed by atoms with Crippen LogP contribution in [0.4, 0.5) is 0 Å². The first-order valence-electron chi connectivity index (χ1n) is 11.6. The van der Waals surface area contributed by atoms with Crippen LogP contribution in [-0.4, -0.2) is 48.4 Å². The van der Waals surface area contributed by atoms with Crippen LogP contribution >= 0.6 is 0 Å². The minimum absolute atomic E-state index is 0.0757. The Bertz CT molecular complexity index is 914. The number of nitrogens with one attached hydrogen (secondary N) is 2. The lowest BCUT2D eigenvalue weighted by molar-refractivity contribution is -0.121. The quantitative estimate of drug-likeness (QED) is 0.503. The molecule has 1 aromatic heterocycles. The highest BCUT2D eigenvalue weighted by Crippen LogP contribution is 2.38. The number of aromatic nitrogens is 2. The lowest BCUT2D eigenvalue weighted by Crippen LogP contribution is -2.40. The van der Waals surface area contributed by atoms with Crippen LogP contribution < -0.4 is 20.1 Å². The van der Waals surface area contributed by atoms with Gasteiger partial charge in [0.2, 0.25) is 5.91 Å². The van der Waals surface area contributed by atoms with E-state index in [1.165, 1.54) is 0 Å². The van der Waals surface area contributed by atoms with E-state index in [4.69, 9.17) is 9.47 Å². The number of rotatable bonds is 12. The second kappa shape index (κ2) is 12.3. The molecule has 8 heteroatoms. The Kier molecular flexibility index (Phi) is 9.75. The van der Waals surface area contributed by atoms with Crippen molar-refractivity contribution in [1.29, 1.82) is 0 Å². The highest BCUT2D eigenvalue weighted by molar-refractivity contribution is 5.94. The Balaban J connectivity index is 2.42. The normalized spacial score (nSPS) is 12.0. The van der Waals surface area contributed by atoms with Crippen molar-refractivity contribution in [2.24, 2.45) is 11.8 Å². The van der Waals surface area contributed by atoms with Gasteiger partial charge in [-0.1, -0.05) is 33.8 Å². The first kappa shape index (κ1) is 26.2. The molecule has 0 saturated carbocycles. The molecule has 0 aliphatic heterocycles. The van der Waals surface area contributed by atoms with Crippen LogP contribution in [0.1, 0.15) is 57.9 Å². The van der Waals surface area contributed by atoms with E-state index in [1.54, 1.807) is 20.3 Å². The Morgan fingerprint density at radius 2 is 1.70 bits per heavy atom. The lowest BCUT2D eigenvalue weighted by atomic mass is 10.0. The molecular weight excluding hydrogens is 420 g/mol. The first-order valence-corrected chi connectivity index (χ1v) is 11.6. The summed E-state index contributed by atoms with van der Waals surface area (Å²) in [6, 6.07) is 7.06. The third-order valence-corrected chi connectivity index (χ3v) is 5.13. The Hall–Kier alpha value is -3.03. The van der Waals surface area contributed by atoms with Gasteiger partial charge in [0.05, 0.1) is 25.5 Å². The summed E-state index contributed by atoms with van der Waals surface area (Å²) < 4.78 is 13.0. The van der Waals surface area contributed by atoms with Crippen LogP contribution in [-0.2, 0) is 11.3 Å². The summed E-state index contributed by atoms with van der Waals surface area (Å²) >= 11 is 0. The van der Waals surface area contributed by atoms with E-state index in [1.807, 2.05) is 29.8 Å². The smallest absolute Gasteiger partial charge is 0.272 e. The Morgan fingerprint density at radius 3 is 2.21 bits per heavy atom. The number of methoxy groups -OCH3 is 2. The molecule has 2 rings (SSSR count). The van der Waals surface area contributed by atoms with Gasteiger partial charge in [-0.05, 0) is 43.4 Å². The largest absolute Gasteiger partial charge is 0.496 e. The molecule has 0 aliphatic rings. The molecule has 1 heterocycles. The van der Waals surface area contributed by atoms with Crippen LogP contribution in [0.15, 0.2) is 24.3 Å². The number of carbonyl (C=O) groups excluding carboxylic acids is 2. The maximum Gasteiger partial charge on any atom is 0.272 e. The molecule has 8 nitrogen and oxygen atoms in total. The average molecular weight is 459 g/mol. The van der Waals surface area contributed by atoms with Gasteiger partial charge in [-0.15, -0.1) is 0 Å². The number of amides is 2. The molecule has 0 saturated heterocycles. The van der Waals surface area contributed by atoms with Crippen molar-refractivity contribution in [3.8, 4) is 22.8 Å². The minimum Gasteiger partial charge on any atom is -0.496 e. The molecular formula is C25H38N4O4. The summed E-state index contributed by atoms with van der Waals surface area (Å²) in [7, 11) is 3.21. The highest BCUT2D eigenvalue weighted by Gasteiger charge is 2.24. The van der Waals surface area contributed by atoms with E-state index in [-0.39, 0.29) is 24.3 Å². The fourth-order valence-corrected chi connectivity index (χ4v) is 3.83. The van der Waals surface area contributed by atoms with Crippen LogP contribution in [0.3, 0.4) is 0 Å². The van der Waals surface area contributed by atoms with Crippen molar-refractivity contribution < 1.29 is 19.1 Å². The number of ether oxygens (including phenoxy) is 2. The van der Waals surface area contributed by atoms with E-state index in [2.05, 4.69) is 43.4 Å². The van der Waals surface area contributed by atoms with Gasteiger partial charge in [0.25, 0.3) is 5.91 Å². The lowest BCUT2D eigenvalue weighted by Gasteiger charge is -2.19. The van der Waals surface area contributed by atoms with Crippen molar-refractivity contribution >= 4 is 11.8 Å². The molecule has 1 atom stereocenters. The molecule has 0 unspecified atom stereocenters. The van der Waals surface area contributed by atoms with Crippen LogP contribution in [0, 0.1) is 11.8 Å². The van der Waals surface area contributed by atoms with Gasteiger partial charge < -0.3 is 20.1 Å². The van der Waals surface area contributed by atoms with Gasteiger partial charge in [0.15, 0.2) is 5.69 Å². The molecule has 0 radical (unpaired) electrons. The van der Waals surface area contributed by atoms with Gasteiger partial charge in [-0.3, -0.25) is 14.3 Å². The van der Waals surface area contributed by atoms with E-state index in [9.17, 15) is 9.59 Å². The SMILES string of the molecule is CCNC(=O)C[C@H](CC(C)C)NC(=O)c1cc(-c2c(OC)cccc2OC)n(CC(C)C)n1. The monoisotopic (exact) mass is 458 g/mol. The second-order valence-electron chi connectivity index (χ2n) is 8.99. The zero-order chi connectivity index (χ0) is 24.5. The minimum atomic E-state index is -0.303. The van der Waals surface area contributed by atoms with Crippen LogP contribution in [0.5, 0.6) is 11.5 Å². The molecule has 0 spiro atoms. The zero-order valence-corrected chi connectivity index (χ0v) is 20.9. The number of hydrogen-bond donors (Lipinski definition) is 2. The van der Waals surface area contributed by atoms with Crippen molar-refractivity contribution in [1.82, 2.24) is 20.4 Å². The van der Waals surface area contributed by atoms with Crippen molar-refractivity contribution in [3.05, 3.63) is 30.0 Å². The van der Waals surface area contributed by atoms with Crippen LogP contribution in [0.2, 0.25) is 0 Å². The predicted octanol–water partition coefficient (Wildman–Crippen LogP) is 3.89. The van der Waals surface area contributed by atoms with E-state index >= 15 is 0 Å². The van der Waals surface area contributed by atoms with Crippen LogP contribution in [0.25, 0.3) is 11.3 Å². The average Bonchev–Trinajstić information content (AvgIpc) is 3.15. The molecule has 182 valence electrons. The van der Waals surface area contributed by atoms with Crippen molar-refractivity contribution in [2.45, 2.75) is 60.0 Å². The molecule has 0 fully saturated rings. The van der Waals surface area contributed by atoms with Crippen molar-refractivity contribution in [2.75, 3.05) is 20.8 Å². The van der Waals surface area contributed by atoms with E-state index in [0.29, 0.717) is 48.5 Å². The van der Waals surface area contributed by atoms with Gasteiger partial charge in [0, 0.05) is 25.6 Å². The van der Waals surface area contributed by atoms with E-state index in [0.717, 1.165) is 11.3 Å². The standard InChI is InChI=1S/C25H38N4O4/c1-8-26-23(30)13-18(12-16(2)3)27-25(31)19-14-20(29(28-19)15-17(4)5)24-21(32-6)10-9-11-22(24)33-7/h9-11,14,16-18H,8,12-13,15H2,1-7H3,(H,26,30)(H,27,31)/t18-/m0/s1. The van der Waals surface area contributed by atoms with E-state index < -0.39 is 0 Å². The van der Waals surface area contributed by atoms with Gasteiger partial charge >= 0.3 is 0 Å². The number of nitrogens with zero attached hydrogens (tertiary/aromatic N) is 2. The van der Waals surface area contributed by atoms with Crippen molar-refractivity contribution in [3.63, 3.8) is 0 Å². The molecule has 0 aliphatic carbocycles. The maximum absolute atomic E-state index is 13.2. The number of benzene rings is 1. The molecule has 2 aromatic rings. The summed E-state index contributed by atoms with van der Waals surface area (Å²) in [5, 5.41) is 10.4. The fraction of sp³-hybridized carbons (Fsp3) is 0.560. The fourth-order valence-electron chi connectivity index (χ4n) is 3.83. The third-order valence-electron chi connectivity index (χ3n) is 5.13. The van der Waals surface area contributed by atoms with Gasteiger partial charge in [-0.25, -0.2) is 0 Å². The molecule has 2 amide bonds. The summed E-state index contributed by atoms with van der Waals surface area (Å²) in [4.78, 5) is 25.3. The van der Waals surface area contributed by atoms with Gasteiger partial charge in [-0.2, -0.15) is 5.10 Å². The molecule has 33 heavy (non-hydrogen) atoms. The molecule has 1 aromatic carbocycles. The summed E-state index contributed by atoms with van der Waals surface area (Å²) in [5.41, 5.74) is 1.78. The highest BCUT2D eigenvalue weighted by atomic mass is 16.5. The summed E-state index contributed by atoms with van der Waals surface area (Å²) in [6.45, 7) is 11.4. The summed E-state index contributed by atoms with van der Waals surface area (Å²) in [6.07, 6.45) is 0.931. The second-order valence-corrected chi connectivity index (χ2v) is 8.99. The maximum atomic E-state index is 13.2. The Morgan fingerprint density at radius 1 is 1.06 bits per heavy atom. The number of hydrogen-bond acceptors (Lipinski definition) is 5. The first-order chi connectivity index (χ1) is 15.7. The van der Waals surface area contributed by atoms with Gasteiger partial charge in [0.1, 0.15) is 11.5 Å². The molecule has 2 N–H and O–H groups in total. The Labute approximate surface area is 197 Å². The topological polar surface area (TPSA) is 94.5 Å². The third kappa shape index (κ3) is 7.23. The zero-order valence-electron chi connectivity index (χ0n) is 20.9. The predicted molar refractivity (Wildman–Crippen MR) is 130 cm³/mol. The molecule has 0 bridgehead atoms. The summed E-state index contributed by atoms with van der Waals surface area (Å²) in [5.74, 6) is 1.54. The number of carbonyl (C=O) groups is 2.